The summed E-state index contributed by atoms with van der Waals surface area (Å²) in [4.78, 5) is 0. The summed E-state index contributed by atoms with van der Waals surface area (Å²) < 4.78 is 0. The lowest BCUT2D eigenvalue weighted by Gasteiger charge is -2.46. The van der Waals surface area contributed by atoms with Gasteiger partial charge in [-0.1, -0.05) is 290 Å². The smallest absolute Gasteiger partial charge is 0.00145 e. The fraction of sp³-hybridized carbons (Fsp3) is 0.853. The highest BCUT2D eigenvalue weighted by Gasteiger charge is 2.42. The van der Waals surface area contributed by atoms with E-state index in [1.165, 1.54) is 283 Å². The van der Waals surface area contributed by atoms with Crippen LogP contribution < -0.4 is 0 Å². The highest BCUT2D eigenvalue weighted by atomic mass is 14.5. The van der Waals surface area contributed by atoms with Gasteiger partial charge in [-0.25, -0.2) is 0 Å². The Bertz CT molecular complexity index is 1390. The van der Waals surface area contributed by atoms with Crippen LogP contribution >= 0.6 is 0 Å². The number of allylic oxidation sites excluding steroid dienone is 4. The molecule has 0 fully saturated rings. The first kappa shape index (κ1) is 61.0. The minimum atomic E-state index is 0.690. The van der Waals surface area contributed by atoms with Crippen LogP contribution in [-0.4, -0.2) is 0 Å². The van der Waals surface area contributed by atoms with Crippen LogP contribution in [0, 0.1) is 35.5 Å². The number of unbranched alkanes of at least 4 members (excludes halogenated alkanes) is 26. The van der Waals surface area contributed by atoms with Gasteiger partial charge in [-0.2, -0.15) is 0 Å². The number of hydrogen-bond donors (Lipinski definition) is 0. The molecular formula is C68H122. The van der Waals surface area contributed by atoms with Crippen LogP contribution in [0.1, 0.15) is 334 Å². The Labute approximate surface area is 429 Å². The molecule has 0 spiro atoms. The quantitative estimate of drug-likeness (QED) is 0.0452. The van der Waals surface area contributed by atoms with Gasteiger partial charge in [-0.3, -0.25) is 0 Å². The zero-order valence-electron chi connectivity index (χ0n) is 47.9. The second kappa shape index (κ2) is 40.2. The molecule has 2 aliphatic rings. The van der Waals surface area contributed by atoms with Crippen molar-refractivity contribution < 1.29 is 0 Å². The third-order valence-electron chi connectivity index (χ3n) is 17.6. The third kappa shape index (κ3) is 23.5. The summed E-state index contributed by atoms with van der Waals surface area (Å²) in [5.74, 6) is 4.61. The molecule has 0 aromatic heterocycles. The Morgan fingerprint density at radius 1 is 0.382 bits per heavy atom. The van der Waals surface area contributed by atoms with Crippen molar-refractivity contribution in [2.45, 2.75) is 338 Å². The van der Waals surface area contributed by atoms with Crippen LogP contribution in [-0.2, 0) is 25.7 Å². The standard InChI is InChI=1S/C68H122/c1-9-17-25-31-39-43-57-51-52-58(44-37-29-21-13-5)66(63(57)48-40-32-26-18-10-2)55-61(47-38-30-22-14-6)67-56-62-53-59(45-35-23-15-7)60(46-36-24-16-8)54-68(62)65(50-42-34-28-20-12-4)64(67)49-41-33-27-19-11-3/h51-52,54,56,59-62,64-65H,9-50,53,55H2,1-8H3. The van der Waals surface area contributed by atoms with E-state index in [0.717, 1.165) is 23.7 Å². The zero-order chi connectivity index (χ0) is 48.9. The lowest BCUT2D eigenvalue weighted by Crippen LogP contribution is -2.36. The average Bonchev–Trinajstić information content (AvgIpc) is 3.34. The number of aryl methyl sites for hydroxylation is 2. The Morgan fingerprint density at radius 3 is 1.34 bits per heavy atom. The van der Waals surface area contributed by atoms with Crippen LogP contribution in [0.3, 0.4) is 0 Å². The molecular weight excluding hydrogens is 817 g/mol. The first-order valence-electron chi connectivity index (χ1n) is 32.1. The van der Waals surface area contributed by atoms with Crippen LogP contribution in [0.2, 0.25) is 0 Å². The molecule has 0 saturated heterocycles. The predicted molar refractivity (Wildman–Crippen MR) is 308 cm³/mol. The second-order valence-corrected chi connectivity index (χ2v) is 23.4. The van der Waals surface area contributed by atoms with Crippen molar-refractivity contribution in [1.29, 1.82) is 0 Å². The van der Waals surface area contributed by atoms with Crippen molar-refractivity contribution in [2.24, 2.45) is 35.5 Å². The monoisotopic (exact) mass is 939 g/mol. The molecule has 3 rings (SSSR count). The average molecular weight is 940 g/mol. The van der Waals surface area contributed by atoms with Crippen molar-refractivity contribution in [3.05, 3.63) is 57.7 Å². The van der Waals surface area contributed by atoms with Gasteiger partial charge < -0.3 is 0 Å². The van der Waals surface area contributed by atoms with E-state index in [1.807, 2.05) is 22.3 Å². The highest BCUT2D eigenvalue weighted by Crippen LogP contribution is 2.53. The molecule has 1 aromatic rings. The largest absolute Gasteiger partial charge is 0.0810 e. The fourth-order valence-corrected chi connectivity index (χ4v) is 13.4. The Morgan fingerprint density at radius 2 is 0.794 bits per heavy atom. The molecule has 6 atom stereocenters. The normalized spacial score (nSPS) is 19.9. The summed E-state index contributed by atoms with van der Waals surface area (Å²) in [5, 5.41) is 0. The molecule has 2 aliphatic carbocycles. The number of rotatable bonds is 45. The lowest BCUT2D eigenvalue weighted by atomic mass is 9.58. The van der Waals surface area contributed by atoms with Gasteiger partial charge in [0.05, 0.1) is 0 Å². The van der Waals surface area contributed by atoms with Crippen molar-refractivity contribution in [3.63, 3.8) is 0 Å². The maximum Gasteiger partial charge on any atom is -0.00145 e. The number of hydrogen-bond acceptors (Lipinski definition) is 0. The highest BCUT2D eigenvalue weighted by molar-refractivity contribution is 5.44. The van der Waals surface area contributed by atoms with E-state index in [4.69, 9.17) is 0 Å². The number of benzene rings is 1. The first-order chi connectivity index (χ1) is 33.5. The van der Waals surface area contributed by atoms with Crippen molar-refractivity contribution >= 4 is 0 Å². The molecule has 1 aromatic carbocycles. The van der Waals surface area contributed by atoms with Gasteiger partial charge >= 0.3 is 0 Å². The Hall–Kier alpha value is -1.30. The van der Waals surface area contributed by atoms with Crippen LogP contribution in [0.5, 0.6) is 0 Å². The summed E-state index contributed by atoms with van der Waals surface area (Å²) in [6.45, 7) is 19.2. The molecule has 0 radical (unpaired) electrons. The minimum absolute atomic E-state index is 0.690. The van der Waals surface area contributed by atoms with Crippen molar-refractivity contribution in [1.82, 2.24) is 0 Å². The molecule has 0 heterocycles. The van der Waals surface area contributed by atoms with E-state index in [0.29, 0.717) is 11.8 Å². The van der Waals surface area contributed by atoms with Gasteiger partial charge in [0.25, 0.3) is 0 Å². The van der Waals surface area contributed by atoms with E-state index in [2.05, 4.69) is 79.7 Å². The van der Waals surface area contributed by atoms with Gasteiger partial charge in [0.1, 0.15) is 0 Å². The SMILES string of the molecule is CCCCCCCc1ccc(CCCCCC)c(CC(CCCCCC)C2=CC3CC(CCCCC)C(CCCCC)C=C3C(CCCCCCC)C2CCCCCCC)c1CCCCCCC. The second-order valence-electron chi connectivity index (χ2n) is 23.4. The van der Waals surface area contributed by atoms with Crippen molar-refractivity contribution in [3.8, 4) is 0 Å². The summed E-state index contributed by atoms with van der Waals surface area (Å²) in [7, 11) is 0. The van der Waals surface area contributed by atoms with E-state index in [9.17, 15) is 0 Å². The van der Waals surface area contributed by atoms with Crippen LogP contribution in [0.4, 0.5) is 0 Å². The van der Waals surface area contributed by atoms with E-state index in [-0.39, 0.29) is 0 Å². The molecule has 0 aliphatic heterocycles. The topological polar surface area (TPSA) is 0 Å². The molecule has 0 bridgehead atoms. The third-order valence-corrected chi connectivity index (χ3v) is 17.6. The van der Waals surface area contributed by atoms with Gasteiger partial charge in [0, 0.05) is 0 Å². The molecule has 0 amide bonds. The van der Waals surface area contributed by atoms with Gasteiger partial charge in [-0.05, 0) is 141 Å². The molecule has 6 unspecified atom stereocenters. The lowest BCUT2D eigenvalue weighted by molar-refractivity contribution is 0.226. The summed E-state index contributed by atoms with van der Waals surface area (Å²) >= 11 is 0. The predicted octanol–water partition coefficient (Wildman–Crippen LogP) is 23.2. The van der Waals surface area contributed by atoms with Crippen molar-refractivity contribution in [2.75, 3.05) is 0 Å². The summed E-state index contributed by atoms with van der Waals surface area (Å²) in [6.07, 6.45) is 67.6. The summed E-state index contributed by atoms with van der Waals surface area (Å²) in [6, 6.07) is 5.39. The molecule has 68 heavy (non-hydrogen) atoms. The van der Waals surface area contributed by atoms with Crippen LogP contribution in [0.25, 0.3) is 0 Å². The number of fused-ring (bicyclic) bond motifs is 1. The Balaban J connectivity index is 2.28. The van der Waals surface area contributed by atoms with Gasteiger partial charge in [0.2, 0.25) is 0 Å². The molecule has 394 valence electrons. The van der Waals surface area contributed by atoms with Gasteiger partial charge in [0.15, 0.2) is 0 Å². The molecule has 0 N–H and O–H groups in total. The molecule has 0 heteroatoms. The van der Waals surface area contributed by atoms with E-state index in [1.54, 1.807) is 11.1 Å². The maximum absolute atomic E-state index is 3.10. The first-order valence-corrected chi connectivity index (χ1v) is 32.1. The van der Waals surface area contributed by atoms with E-state index < -0.39 is 0 Å². The minimum Gasteiger partial charge on any atom is -0.0810 e. The maximum atomic E-state index is 3.10. The molecule has 0 nitrogen and oxygen atoms in total. The van der Waals surface area contributed by atoms with E-state index >= 15 is 0 Å². The van der Waals surface area contributed by atoms with Gasteiger partial charge in [-0.15, -0.1) is 0 Å². The fourth-order valence-electron chi connectivity index (χ4n) is 13.4. The molecule has 0 saturated carbocycles. The zero-order valence-corrected chi connectivity index (χ0v) is 47.9. The Kier molecular flexibility index (Phi) is 36.1. The summed E-state index contributed by atoms with van der Waals surface area (Å²) in [5.41, 5.74) is 11.2. The van der Waals surface area contributed by atoms with Crippen LogP contribution in [0.15, 0.2) is 35.4 Å².